The normalized spacial score (nSPS) is 11.6. The molecule has 0 aliphatic heterocycles. The number of hydrogen-bond donors (Lipinski definition) is 2. The van der Waals surface area contributed by atoms with Crippen LogP contribution in [0.4, 0.5) is 0 Å². The number of carboxylic acids is 1. The zero-order valence-corrected chi connectivity index (χ0v) is 17.5. The van der Waals surface area contributed by atoms with Crippen molar-refractivity contribution in [1.29, 1.82) is 0 Å². The molecular weight excluding hydrogens is 404 g/mol. The molecule has 1 heterocycles. The summed E-state index contributed by atoms with van der Waals surface area (Å²) >= 11 is 6.06. The minimum absolute atomic E-state index is 0.150. The SMILES string of the molecule is Cc1ccc(Oc2ncc(Cl)cc2C(=O)N[C@@H](C)c2ccc(C(=O)O)cc2)c(C)c1. The first-order valence-corrected chi connectivity index (χ1v) is 9.67. The summed E-state index contributed by atoms with van der Waals surface area (Å²) in [6.45, 7) is 5.71. The summed E-state index contributed by atoms with van der Waals surface area (Å²) in [4.78, 5) is 28.1. The van der Waals surface area contributed by atoms with Gasteiger partial charge in [0.25, 0.3) is 5.91 Å². The summed E-state index contributed by atoms with van der Waals surface area (Å²) in [5, 5.41) is 12.2. The fraction of sp³-hybridized carbons (Fsp3) is 0.174. The Morgan fingerprint density at radius 3 is 2.43 bits per heavy atom. The van der Waals surface area contributed by atoms with E-state index in [2.05, 4.69) is 10.3 Å². The van der Waals surface area contributed by atoms with Crippen LogP contribution < -0.4 is 10.1 Å². The minimum atomic E-state index is -1.00. The van der Waals surface area contributed by atoms with Gasteiger partial charge in [-0.3, -0.25) is 4.79 Å². The number of aryl methyl sites for hydroxylation is 2. The molecule has 0 aliphatic carbocycles. The molecule has 3 aromatic rings. The highest BCUT2D eigenvalue weighted by Gasteiger charge is 2.19. The molecular formula is C23H21ClN2O4. The molecule has 0 fully saturated rings. The number of aromatic carboxylic acids is 1. The van der Waals surface area contributed by atoms with Crippen molar-refractivity contribution in [2.45, 2.75) is 26.8 Å². The van der Waals surface area contributed by atoms with Gasteiger partial charge in [0, 0.05) is 6.20 Å². The second-order valence-corrected chi connectivity index (χ2v) is 7.44. The van der Waals surface area contributed by atoms with Crippen molar-refractivity contribution in [2.75, 3.05) is 0 Å². The molecule has 3 rings (SSSR count). The van der Waals surface area contributed by atoms with Crippen LogP contribution in [0.25, 0.3) is 0 Å². The van der Waals surface area contributed by atoms with Gasteiger partial charge in [-0.1, -0.05) is 41.4 Å². The zero-order valence-electron chi connectivity index (χ0n) is 16.8. The average Bonchev–Trinajstić information content (AvgIpc) is 2.71. The van der Waals surface area contributed by atoms with Crippen molar-refractivity contribution in [3.63, 3.8) is 0 Å². The van der Waals surface area contributed by atoms with Gasteiger partial charge in [-0.2, -0.15) is 0 Å². The van der Waals surface area contributed by atoms with Crippen LogP contribution in [0.3, 0.4) is 0 Å². The van der Waals surface area contributed by atoms with Crippen LogP contribution in [-0.2, 0) is 0 Å². The van der Waals surface area contributed by atoms with Gasteiger partial charge in [-0.15, -0.1) is 0 Å². The van der Waals surface area contributed by atoms with Gasteiger partial charge in [0.1, 0.15) is 11.3 Å². The van der Waals surface area contributed by atoms with E-state index in [1.165, 1.54) is 24.4 Å². The Bertz CT molecular complexity index is 1100. The Balaban J connectivity index is 1.82. The predicted octanol–water partition coefficient (Wildman–Crippen LogP) is 5.33. The van der Waals surface area contributed by atoms with E-state index in [-0.39, 0.29) is 23.0 Å². The number of nitrogens with one attached hydrogen (secondary N) is 1. The van der Waals surface area contributed by atoms with E-state index >= 15 is 0 Å². The van der Waals surface area contributed by atoms with Crippen LogP contribution in [0, 0.1) is 13.8 Å². The third-order valence-corrected chi connectivity index (χ3v) is 4.81. The van der Waals surface area contributed by atoms with Gasteiger partial charge in [-0.05, 0) is 56.2 Å². The molecule has 0 saturated heterocycles. The molecule has 0 bridgehead atoms. The van der Waals surface area contributed by atoms with E-state index in [4.69, 9.17) is 21.4 Å². The first-order valence-electron chi connectivity index (χ1n) is 9.29. The Hall–Kier alpha value is -3.38. The summed E-state index contributed by atoms with van der Waals surface area (Å²) in [7, 11) is 0. The number of aromatic nitrogens is 1. The molecule has 154 valence electrons. The quantitative estimate of drug-likeness (QED) is 0.558. The topological polar surface area (TPSA) is 88.5 Å². The van der Waals surface area contributed by atoms with Gasteiger partial charge in [0.15, 0.2) is 0 Å². The number of benzene rings is 2. The van der Waals surface area contributed by atoms with Crippen LogP contribution >= 0.6 is 11.6 Å². The van der Waals surface area contributed by atoms with Crippen LogP contribution in [0.15, 0.2) is 54.7 Å². The third-order valence-electron chi connectivity index (χ3n) is 4.60. The van der Waals surface area contributed by atoms with Crippen LogP contribution in [0.1, 0.15) is 50.4 Å². The van der Waals surface area contributed by atoms with E-state index in [1.54, 1.807) is 19.1 Å². The van der Waals surface area contributed by atoms with E-state index in [0.29, 0.717) is 10.8 Å². The summed E-state index contributed by atoms with van der Waals surface area (Å²) in [5.74, 6) is -0.657. The molecule has 6 nitrogen and oxygen atoms in total. The highest BCUT2D eigenvalue weighted by molar-refractivity contribution is 6.30. The number of halogens is 1. The van der Waals surface area contributed by atoms with E-state index in [9.17, 15) is 9.59 Å². The molecule has 0 unspecified atom stereocenters. The number of carbonyl (C=O) groups is 2. The van der Waals surface area contributed by atoms with Crippen molar-refractivity contribution in [2.24, 2.45) is 0 Å². The zero-order chi connectivity index (χ0) is 21.8. The average molecular weight is 425 g/mol. The van der Waals surface area contributed by atoms with Crippen molar-refractivity contribution in [1.82, 2.24) is 10.3 Å². The third kappa shape index (κ3) is 4.96. The molecule has 30 heavy (non-hydrogen) atoms. The highest BCUT2D eigenvalue weighted by Crippen LogP contribution is 2.29. The molecule has 1 atom stereocenters. The predicted molar refractivity (Wildman–Crippen MR) is 115 cm³/mol. The van der Waals surface area contributed by atoms with Gasteiger partial charge in [-0.25, -0.2) is 9.78 Å². The van der Waals surface area contributed by atoms with Crippen LogP contribution in [-0.4, -0.2) is 22.0 Å². The van der Waals surface area contributed by atoms with Crippen LogP contribution in [0.5, 0.6) is 11.6 Å². The fourth-order valence-corrected chi connectivity index (χ4v) is 3.12. The Kier molecular flexibility index (Phi) is 6.37. The molecule has 0 radical (unpaired) electrons. The van der Waals surface area contributed by atoms with E-state index in [1.807, 2.05) is 32.0 Å². The molecule has 0 aliphatic rings. The molecule has 0 saturated carbocycles. The number of amides is 1. The van der Waals surface area contributed by atoms with Crippen molar-refractivity contribution < 1.29 is 19.4 Å². The second-order valence-electron chi connectivity index (χ2n) is 7.00. The Morgan fingerprint density at radius 2 is 1.80 bits per heavy atom. The standard InChI is InChI=1S/C23H21ClN2O4/c1-13-4-9-20(14(2)10-13)30-22-19(11-18(24)12-25-22)21(27)26-15(3)16-5-7-17(8-6-16)23(28)29/h4-12,15H,1-3H3,(H,26,27)(H,28,29)/t15-/m0/s1. The molecule has 1 aromatic heterocycles. The van der Waals surface area contributed by atoms with Gasteiger partial charge < -0.3 is 15.2 Å². The van der Waals surface area contributed by atoms with Gasteiger partial charge in [0.05, 0.1) is 16.6 Å². The lowest BCUT2D eigenvalue weighted by Gasteiger charge is -2.17. The van der Waals surface area contributed by atoms with Crippen molar-refractivity contribution in [3.8, 4) is 11.6 Å². The number of pyridine rings is 1. The lowest BCUT2D eigenvalue weighted by atomic mass is 10.1. The number of carbonyl (C=O) groups excluding carboxylic acids is 1. The molecule has 7 heteroatoms. The first kappa shape index (κ1) is 21.3. The maximum atomic E-state index is 12.9. The van der Waals surface area contributed by atoms with Crippen molar-refractivity contribution in [3.05, 3.63) is 87.6 Å². The molecule has 2 N–H and O–H groups in total. The monoisotopic (exact) mass is 424 g/mol. The lowest BCUT2D eigenvalue weighted by molar-refractivity contribution is 0.0696. The maximum Gasteiger partial charge on any atom is 0.335 e. The number of hydrogen-bond acceptors (Lipinski definition) is 4. The summed E-state index contributed by atoms with van der Waals surface area (Å²) < 4.78 is 5.90. The van der Waals surface area contributed by atoms with Crippen LogP contribution in [0.2, 0.25) is 5.02 Å². The Morgan fingerprint density at radius 1 is 1.10 bits per heavy atom. The molecule has 2 aromatic carbocycles. The number of ether oxygens (including phenoxy) is 1. The number of rotatable bonds is 6. The highest BCUT2D eigenvalue weighted by atomic mass is 35.5. The minimum Gasteiger partial charge on any atom is -0.478 e. The largest absolute Gasteiger partial charge is 0.478 e. The van der Waals surface area contributed by atoms with Gasteiger partial charge in [0.2, 0.25) is 5.88 Å². The number of nitrogens with zero attached hydrogens (tertiary/aromatic N) is 1. The summed E-state index contributed by atoms with van der Waals surface area (Å²) in [5.41, 5.74) is 3.17. The lowest BCUT2D eigenvalue weighted by Crippen LogP contribution is -2.27. The van der Waals surface area contributed by atoms with E-state index < -0.39 is 11.9 Å². The van der Waals surface area contributed by atoms with Gasteiger partial charge >= 0.3 is 5.97 Å². The summed E-state index contributed by atoms with van der Waals surface area (Å²) in [6.07, 6.45) is 1.42. The number of carboxylic acid groups (broad SMARTS) is 1. The summed E-state index contributed by atoms with van der Waals surface area (Å²) in [6, 6.07) is 13.2. The second kappa shape index (κ2) is 8.97. The van der Waals surface area contributed by atoms with E-state index in [0.717, 1.165) is 16.7 Å². The molecule has 0 spiro atoms. The van der Waals surface area contributed by atoms with Crippen molar-refractivity contribution >= 4 is 23.5 Å². The maximum absolute atomic E-state index is 12.9. The smallest absolute Gasteiger partial charge is 0.335 e. The fourth-order valence-electron chi connectivity index (χ4n) is 2.96. The molecule has 1 amide bonds. The Labute approximate surface area is 179 Å². The first-order chi connectivity index (χ1) is 14.2.